The van der Waals surface area contributed by atoms with E-state index in [2.05, 4.69) is 39.5 Å². The number of amides is 2. The van der Waals surface area contributed by atoms with Crippen molar-refractivity contribution in [1.29, 1.82) is 0 Å². The molecule has 0 saturated heterocycles. The number of nitrogens with zero attached hydrogens (tertiary/aromatic N) is 3. The minimum absolute atomic E-state index is 0.114. The molecular formula is C31H33ClN6O2. The van der Waals surface area contributed by atoms with Gasteiger partial charge in [0.2, 0.25) is 0 Å². The van der Waals surface area contributed by atoms with E-state index in [1.807, 2.05) is 68.6 Å². The van der Waals surface area contributed by atoms with Gasteiger partial charge < -0.3 is 20.5 Å². The van der Waals surface area contributed by atoms with Crippen LogP contribution in [0.5, 0.6) is 0 Å². The molecule has 1 aliphatic heterocycles. The second-order valence-corrected chi connectivity index (χ2v) is 10.3. The van der Waals surface area contributed by atoms with Crippen LogP contribution in [0.3, 0.4) is 0 Å². The maximum Gasteiger partial charge on any atom is 0.256 e. The Labute approximate surface area is 239 Å². The van der Waals surface area contributed by atoms with E-state index in [0.717, 1.165) is 64.7 Å². The number of benzene rings is 2. The standard InChI is InChI=1S/C31H33ClN6O2/c1-5-37(6-2)14-13-33-31(40)29-19(3)27(35-20(29)4)16-24-23-15-21(11-12-26(23)36-30(24)39)22-17-34-38(18-22)28-10-8-7-9-25(28)32/h7-12,15-18,35H,5-6,13-14H2,1-4H3,(H,33,40)(H,36,39)/b24-16-. The molecule has 0 bridgehead atoms. The highest BCUT2D eigenvalue weighted by atomic mass is 35.5. The number of rotatable bonds is 9. The van der Waals surface area contributed by atoms with Gasteiger partial charge in [-0.3, -0.25) is 9.59 Å². The summed E-state index contributed by atoms with van der Waals surface area (Å²) in [5.41, 5.74) is 7.62. The van der Waals surface area contributed by atoms with E-state index < -0.39 is 0 Å². The number of carbonyl (C=O) groups excluding carboxylic acids is 2. The molecule has 4 aromatic rings. The molecule has 9 heteroatoms. The van der Waals surface area contributed by atoms with E-state index in [9.17, 15) is 9.59 Å². The predicted molar refractivity (Wildman–Crippen MR) is 161 cm³/mol. The summed E-state index contributed by atoms with van der Waals surface area (Å²) in [6.07, 6.45) is 5.52. The largest absolute Gasteiger partial charge is 0.358 e. The lowest BCUT2D eigenvalue weighted by atomic mass is 10.00. The Bertz CT molecular complexity index is 1610. The van der Waals surface area contributed by atoms with Crippen molar-refractivity contribution < 1.29 is 9.59 Å². The Hall–Kier alpha value is -4.14. The van der Waals surface area contributed by atoms with E-state index >= 15 is 0 Å². The van der Waals surface area contributed by atoms with Crippen LogP contribution in [0.1, 0.15) is 46.7 Å². The number of nitrogens with one attached hydrogen (secondary N) is 3. The summed E-state index contributed by atoms with van der Waals surface area (Å²) in [5, 5.41) is 11.1. The normalized spacial score (nSPS) is 13.7. The quantitative estimate of drug-likeness (QED) is 0.230. The van der Waals surface area contributed by atoms with Gasteiger partial charge in [-0.1, -0.05) is 43.6 Å². The van der Waals surface area contributed by atoms with Crippen molar-refractivity contribution in [3.05, 3.63) is 88.0 Å². The van der Waals surface area contributed by atoms with Gasteiger partial charge in [-0.25, -0.2) is 4.68 Å². The Morgan fingerprint density at radius 2 is 1.90 bits per heavy atom. The van der Waals surface area contributed by atoms with Crippen molar-refractivity contribution in [2.45, 2.75) is 27.7 Å². The van der Waals surface area contributed by atoms with Crippen LogP contribution in [0.4, 0.5) is 5.69 Å². The number of carbonyl (C=O) groups is 2. The second kappa shape index (κ2) is 11.5. The first-order valence-corrected chi connectivity index (χ1v) is 13.9. The van der Waals surface area contributed by atoms with Crippen molar-refractivity contribution in [3.63, 3.8) is 0 Å². The Balaban J connectivity index is 1.41. The van der Waals surface area contributed by atoms with Gasteiger partial charge in [0.25, 0.3) is 11.8 Å². The number of aromatic amines is 1. The summed E-state index contributed by atoms with van der Waals surface area (Å²) < 4.78 is 1.74. The lowest BCUT2D eigenvalue weighted by molar-refractivity contribution is -0.110. The van der Waals surface area contributed by atoms with E-state index in [0.29, 0.717) is 22.7 Å². The number of H-pyrrole nitrogens is 1. The van der Waals surface area contributed by atoms with Crippen molar-refractivity contribution in [2.24, 2.45) is 0 Å². The average Bonchev–Trinajstić information content (AvgIpc) is 3.63. The molecule has 0 saturated carbocycles. The Morgan fingerprint density at radius 1 is 1.12 bits per heavy atom. The average molecular weight is 557 g/mol. The topological polar surface area (TPSA) is 95.1 Å². The number of aryl methyl sites for hydroxylation is 1. The minimum Gasteiger partial charge on any atom is -0.358 e. The van der Waals surface area contributed by atoms with Crippen molar-refractivity contribution in [2.75, 3.05) is 31.5 Å². The van der Waals surface area contributed by atoms with Crippen LogP contribution in [0.15, 0.2) is 54.9 Å². The summed E-state index contributed by atoms with van der Waals surface area (Å²) in [4.78, 5) is 31.6. The number of likely N-dealkylation sites (N-methyl/N-ethyl adjacent to an activating group) is 1. The molecular weight excluding hydrogens is 524 g/mol. The van der Waals surface area contributed by atoms with Crippen LogP contribution in [-0.2, 0) is 4.79 Å². The number of halogens is 1. The third-order valence-electron chi connectivity index (χ3n) is 7.42. The number of fused-ring (bicyclic) bond motifs is 1. The molecule has 0 fully saturated rings. The first kappa shape index (κ1) is 27.4. The van der Waals surface area contributed by atoms with Gasteiger partial charge in [-0.2, -0.15) is 5.10 Å². The molecule has 3 N–H and O–H groups in total. The van der Waals surface area contributed by atoms with Crippen LogP contribution in [0.2, 0.25) is 5.02 Å². The monoisotopic (exact) mass is 556 g/mol. The summed E-state index contributed by atoms with van der Waals surface area (Å²) in [7, 11) is 0. The molecule has 0 spiro atoms. The second-order valence-electron chi connectivity index (χ2n) is 9.84. The molecule has 8 nitrogen and oxygen atoms in total. The third kappa shape index (κ3) is 5.33. The van der Waals surface area contributed by atoms with Gasteiger partial charge in [0.15, 0.2) is 0 Å². The lowest BCUT2D eigenvalue weighted by Gasteiger charge is -2.18. The van der Waals surface area contributed by atoms with Gasteiger partial charge in [-0.05, 0) is 68.4 Å². The Kier molecular flexibility index (Phi) is 7.91. The highest BCUT2D eigenvalue weighted by Crippen LogP contribution is 2.37. The zero-order valence-electron chi connectivity index (χ0n) is 23.1. The fraction of sp³-hybridized carbons (Fsp3) is 0.258. The summed E-state index contributed by atoms with van der Waals surface area (Å²) in [5.74, 6) is -0.298. The van der Waals surface area contributed by atoms with E-state index in [4.69, 9.17) is 11.6 Å². The van der Waals surface area contributed by atoms with Gasteiger partial charge >= 0.3 is 0 Å². The van der Waals surface area contributed by atoms with Gasteiger partial charge in [-0.15, -0.1) is 0 Å². The smallest absolute Gasteiger partial charge is 0.256 e. The number of aromatic nitrogens is 3. The molecule has 40 heavy (non-hydrogen) atoms. The predicted octanol–water partition coefficient (Wildman–Crippen LogP) is 5.70. The molecule has 2 aromatic heterocycles. The number of hydrogen-bond donors (Lipinski definition) is 3. The zero-order chi connectivity index (χ0) is 28.4. The van der Waals surface area contributed by atoms with Crippen LogP contribution < -0.4 is 10.6 Å². The minimum atomic E-state index is -0.184. The maximum atomic E-state index is 13.0. The molecule has 1 aliphatic rings. The lowest BCUT2D eigenvalue weighted by Crippen LogP contribution is -2.35. The van der Waals surface area contributed by atoms with Crippen LogP contribution >= 0.6 is 11.6 Å². The molecule has 206 valence electrons. The summed E-state index contributed by atoms with van der Waals surface area (Å²) in [6, 6.07) is 13.4. The van der Waals surface area contributed by atoms with Gasteiger partial charge in [0.1, 0.15) is 0 Å². The highest BCUT2D eigenvalue weighted by molar-refractivity contribution is 6.35. The fourth-order valence-corrected chi connectivity index (χ4v) is 5.33. The first-order valence-electron chi connectivity index (χ1n) is 13.5. The number of anilines is 1. The Morgan fingerprint density at radius 3 is 2.65 bits per heavy atom. The third-order valence-corrected chi connectivity index (χ3v) is 7.74. The highest BCUT2D eigenvalue weighted by Gasteiger charge is 2.26. The molecule has 2 aromatic carbocycles. The number of para-hydroxylation sites is 1. The van der Waals surface area contributed by atoms with Crippen molar-refractivity contribution in [1.82, 2.24) is 25.0 Å². The van der Waals surface area contributed by atoms with E-state index in [-0.39, 0.29) is 11.8 Å². The van der Waals surface area contributed by atoms with E-state index in [1.54, 1.807) is 10.9 Å². The molecule has 2 amide bonds. The summed E-state index contributed by atoms with van der Waals surface area (Å²) in [6.45, 7) is 11.3. The van der Waals surface area contributed by atoms with Crippen molar-refractivity contribution >= 4 is 40.8 Å². The molecule has 5 rings (SSSR count). The molecule has 0 atom stereocenters. The summed E-state index contributed by atoms with van der Waals surface area (Å²) >= 11 is 6.35. The fourth-order valence-electron chi connectivity index (χ4n) is 5.11. The van der Waals surface area contributed by atoms with Gasteiger partial charge in [0.05, 0.1) is 28.0 Å². The zero-order valence-corrected chi connectivity index (χ0v) is 23.9. The molecule has 3 heterocycles. The molecule has 0 aliphatic carbocycles. The van der Waals surface area contributed by atoms with E-state index in [1.165, 1.54) is 0 Å². The number of hydrogen-bond acceptors (Lipinski definition) is 4. The molecule has 0 radical (unpaired) electrons. The first-order chi connectivity index (χ1) is 19.3. The van der Waals surface area contributed by atoms with Crippen LogP contribution in [0, 0.1) is 13.8 Å². The van der Waals surface area contributed by atoms with Crippen molar-refractivity contribution in [3.8, 4) is 16.8 Å². The van der Waals surface area contributed by atoms with Crippen LogP contribution in [-0.4, -0.2) is 57.7 Å². The molecule has 0 unspecified atom stereocenters. The SMILES string of the molecule is CCN(CC)CCNC(=O)c1c(C)[nH]c(/C=C2\C(=O)Nc3ccc(-c4cnn(-c5ccccc5Cl)c4)cc32)c1C. The van der Waals surface area contributed by atoms with Gasteiger partial charge in [0, 0.05) is 47.5 Å². The van der Waals surface area contributed by atoms with Crippen LogP contribution in [0.25, 0.3) is 28.5 Å². The maximum absolute atomic E-state index is 13.0.